The van der Waals surface area contributed by atoms with E-state index in [0.29, 0.717) is 24.2 Å². The molecular formula is C16H28BrNO4. The minimum Gasteiger partial charge on any atom is -1.00 e. The third kappa shape index (κ3) is 11.5. The lowest BCUT2D eigenvalue weighted by Crippen LogP contribution is -3.00. The van der Waals surface area contributed by atoms with Gasteiger partial charge in [0.25, 0.3) is 0 Å². The number of hydrogen-bond acceptors (Lipinski definition) is 4. The lowest BCUT2D eigenvalue weighted by atomic mass is 10.1. The number of likely N-dealkylation sites (N-methyl/N-ethyl adjacent to an activating group) is 1. The van der Waals surface area contributed by atoms with Crippen molar-refractivity contribution in [3.05, 3.63) is 24.3 Å². The van der Waals surface area contributed by atoms with Crippen molar-refractivity contribution in [2.75, 3.05) is 40.9 Å². The van der Waals surface area contributed by atoms with E-state index in [0.717, 1.165) is 12.8 Å². The number of hydrogen-bond donors (Lipinski definition) is 0. The van der Waals surface area contributed by atoms with Gasteiger partial charge in [0.2, 0.25) is 0 Å². The van der Waals surface area contributed by atoms with E-state index in [4.69, 9.17) is 9.47 Å². The number of rotatable bonds is 10. The molecule has 0 heterocycles. The van der Waals surface area contributed by atoms with E-state index >= 15 is 0 Å². The van der Waals surface area contributed by atoms with Crippen molar-refractivity contribution in [3.63, 3.8) is 0 Å². The van der Waals surface area contributed by atoms with Crippen LogP contribution in [0.25, 0.3) is 0 Å². The predicted octanol–water partition coefficient (Wildman–Crippen LogP) is -0.914. The van der Waals surface area contributed by atoms with Crippen LogP contribution in [0, 0.1) is 0 Å². The van der Waals surface area contributed by atoms with Crippen molar-refractivity contribution in [1.29, 1.82) is 0 Å². The first-order valence-corrected chi connectivity index (χ1v) is 7.17. The second-order valence-electron chi connectivity index (χ2n) is 6.02. The summed E-state index contributed by atoms with van der Waals surface area (Å²) in [7, 11) is 6.03. The van der Waals surface area contributed by atoms with E-state index in [9.17, 15) is 9.59 Å². The zero-order valence-electron chi connectivity index (χ0n) is 14.1. The van der Waals surface area contributed by atoms with Gasteiger partial charge in [-0.15, -0.1) is 0 Å². The van der Waals surface area contributed by atoms with Crippen molar-refractivity contribution in [2.45, 2.75) is 26.2 Å². The van der Waals surface area contributed by atoms with Crippen LogP contribution >= 0.6 is 0 Å². The highest BCUT2D eigenvalue weighted by molar-refractivity contribution is 5.93. The van der Waals surface area contributed by atoms with Crippen LogP contribution in [0.3, 0.4) is 0 Å². The topological polar surface area (TPSA) is 52.6 Å². The normalized spacial score (nSPS) is 10.4. The molecule has 0 saturated heterocycles. The highest BCUT2D eigenvalue weighted by atomic mass is 79.9. The van der Waals surface area contributed by atoms with Gasteiger partial charge in [0.15, 0.2) is 0 Å². The Balaban J connectivity index is 0. The van der Waals surface area contributed by atoms with E-state index in [1.807, 2.05) is 28.1 Å². The number of quaternary nitrogens is 1. The first-order chi connectivity index (χ1) is 9.67. The molecule has 0 N–H and O–H groups in total. The first-order valence-electron chi connectivity index (χ1n) is 7.17. The van der Waals surface area contributed by atoms with Gasteiger partial charge in [-0.25, -0.2) is 9.59 Å². The van der Waals surface area contributed by atoms with Crippen LogP contribution in [0.15, 0.2) is 24.3 Å². The second-order valence-corrected chi connectivity index (χ2v) is 6.02. The minimum absolute atomic E-state index is 0. The van der Waals surface area contributed by atoms with Crippen LogP contribution in [0.5, 0.6) is 0 Å². The van der Waals surface area contributed by atoms with Crippen molar-refractivity contribution in [3.8, 4) is 0 Å². The average Bonchev–Trinajstić information content (AvgIpc) is 2.36. The predicted molar refractivity (Wildman–Crippen MR) is 82.6 cm³/mol. The van der Waals surface area contributed by atoms with E-state index in [1.165, 1.54) is 0 Å². The van der Waals surface area contributed by atoms with Crippen LogP contribution in [0.4, 0.5) is 0 Å². The van der Waals surface area contributed by atoms with E-state index in [1.54, 1.807) is 0 Å². The number of carbonyl (C=O) groups is 2. The summed E-state index contributed by atoms with van der Waals surface area (Å²) in [6.45, 7) is 10.7. The number of esters is 2. The molecule has 5 nitrogen and oxygen atoms in total. The summed E-state index contributed by atoms with van der Waals surface area (Å²) in [5.41, 5.74) is 0.438. The second kappa shape index (κ2) is 11.4. The summed E-state index contributed by atoms with van der Waals surface area (Å²) in [6, 6.07) is 0. The largest absolute Gasteiger partial charge is 1.00 e. The Labute approximate surface area is 144 Å². The van der Waals surface area contributed by atoms with Crippen molar-refractivity contribution >= 4 is 11.9 Å². The number of nitrogens with zero attached hydrogens (tertiary/aromatic N) is 1. The van der Waals surface area contributed by atoms with Crippen LogP contribution in [0.1, 0.15) is 26.2 Å². The molecule has 0 aromatic carbocycles. The maximum Gasteiger partial charge on any atom is 0.333 e. The maximum absolute atomic E-state index is 11.7. The lowest BCUT2D eigenvalue weighted by Gasteiger charge is -2.23. The molecular weight excluding hydrogens is 350 g/mol. The number of halogens is 1. The quantitative estimate of drug-likeness (QED) is 0.214. The zero-order valence-corrected chi connectivity index (χ0v) is 15.7. The fourth-order valence-electron chi connectivity index (χ4n) is 1.33. The summed E-state index contributed by atoms with van der Waals surface area (Å²) < 4.78 is 10.8. The average molecular weight is 378 g/mol. The molecule has 0 bridgehead atoms. The smallest absolute Gasteiger partial charge is 0.333 e. The van der Waals surface area contributed by atoms with E-state index in [2.05, 4.69) is 13.2 Å². The molecule has 0 aliphatic carbocycles. The third-order valence-electron chi connectivity index (χ3n) is 2.73. The van der Waals surface area contributed by atoms with Gasteiger partial charge in [-0.1, -0.05) is 26.5 Å². The summed E-state index contributed by atoms with van der Waals surface area (Å²) in [4.78, 5) is 23.3. The summed E-state index contributed by atoms with van der Waals surface area (Å²) >= 11 is 0. The molecule has 0 saturated carbocycles. The minimum atomic E-state index is -0.494. The van der Waals surface area contributed by atoms with Gasteiger partial charge in [0, 0.05) is 17.6 Å². The Morgan fingerprint density at radius 3 is 1.82 bits per heavy atom. The molecule has 0 atom stereocenters. The van der Waals surface area contributed by atoms with Gasteiger partial charge in [-0.2, -0.15) is 0 Å². The van der Waals surface area contributed by atoms with Crippen molar-refractivity contribution in [1.82, 2.24) is 0 Å². The molecule has 0 amide bonds. The third-order valence-corrected chi connectivity index (χ3v) is 2.73. The molecule has 22 heavy (non-hydrogen) atoms. The first kappa shape index (κ1) is 23.1. The summed E-state index contributed by atoms with van der Waals surface area (Å²) in [6.07, 6.45) is 1.84. The molecule has 0 spiro atoms. The monoisotopic (exact) mass is 377 g/mol. The highest BCUT2D eigenvalue weighted by Gasteiger charge is 2.16. The molecule has 0 fully saturated rings. The lowest BCUT2D eigenvalue weighted by molar-refractivity contribution is -0.870. The molecule has 0 unspecified atom stereocenters. The molecule has 0 radical (unpaired) electrons. The summed E-state index contributed by atoms with van der Waals surface area (Å²) in [5, 5.41) is 0. The number of unbranched alkanes of at least 4 members (excludes halogenated alkanes) is 1. The fraction of sp³-hybridized carbons (Fsp3) is 0.625. The Morgan fingerprint density at radius 1 is 0.955 bits per heavy atom. The van der Waals surface area contributed by atoms with Gasteiger partial charge in [0.1, 0.15) is 13.2 Å². The van der Waals surface area contributed by atoms with Crippen molar-refractivity contribution in [2.24, 2.45) is 0 Å². The Bertz CT molecular complexity index is 399. The fourth-order valence-corrected chi connectivity index (χ4v) is 1.33. The van der Waals surface area contributed by atoms with Gasteiger partial charge in [-0.05, 0) is 6.42 Å². The molecule has 0 aliphatic rings. The Hall–Kier alpha value is -1.14. The van der Waals surface area contributed by atoms with Crippen LogP contribution < -0.4 is 17.0 Å². The van der Waals surface area contributed by atoms with Gasteiger partial charge < -0.3 is 30.9 Å². The number of ether oxygens (including phenoxy) is 2. The molecule has 0 aromatic rings. The molecule has 0 aromatic heterocycles. The van der Waals surface area contributed by atoms with Gasteiger partial charge in [-0.3, -0.25) is 0 Å². The molecule has 6 heteroatoms. The maximum atomic E-state index is 11.7. The van der Waals surface area contributed by atoms with Crippen LogP contribution in [-0.4, -0.2) is 57.3 Å². The van der Waals surface area contributed by atoms with E-state index < -0.39 is 11.9 Å². The highest BCUT2D eigenvalue weighted by Crippen LogP contribution is 2.11. The Morgan fingerprint density at radius 2 is 1.41 bits per heavy atom. The molecule has 128 valence electrons. The summed E-state index contributed by atoms with van der Waals surface area (Å²) in [5.74, 6) is -0.977. The van der Waals surface area contributed by atoms with Crippen LogP contribution in [-0.2, 0) is 19.1 Å². The number of carbonyl (C=O) groups excluding carboxylic acids is 2. The molecule has 0 aliphatic heterocycles. The standard InChI is InChI=1S/C16H28NO4.BrH/c1-7-8-10-20-15(18)13(2)12-14(3)16(19)21-11-9-17(4,5)6;/h2-3,7-12H2,1,4-6H3;1H/q+1;/p-1. The van der Waals surface area contributed by atoms with Crippen molar-refractivity contribution < 1.29 is 40.5 Å². The van der Waals surface area contributed by atoms with Gasteiger partial charge in [0.05, 0.1) is 27.7 Å². The van der Waals surface area contributed by atoms with Crippen LogP contribution in [0.2, 0.25) is 0 Å². The SMILES string of the molecule is C=C(CC(=C)C(=O)OCC[N+](C)(C)C)C(=O)OCCCC.[Br-]. The molecule has 0 rings (SSSR count). The Kier molecular flexibility index (Phi) is 12.0. The van der Waals surface area contributed by atoms with E-state index in [-0.39, 0.29) is 34.5 Å². The zero-order chi connectivity index (χ0) is 16.5. The van der Waals surface area contributed by atoms with Gasteiger partial charge >= 0.3 is 11.9 Å².